The minimum atomic E-state index is 0.822. The van der Waals surface area contributed by atoms with Crippen LogP contribution in [0.15, 0.2) is 48.5 Å². The summed E-state index contributed by atoms with van der Waals surface area (Å²) in [5.74, 6) is 0. The summed E-state index contributed by atoms with van der Waals surface area (Å²) in [6, 6.07) is 15.6. The molecule has 2 aromatic rings. The van der Waals surface area contributed by atoms with E-state index in [9.17, 15) is 0 Å². The molecule has 3 heteroatoms. The lowest BCUT2D eigenvalue weighted by molar-refractivity contribution is 1.40. The van der Waals surface area contributed by atoms with Crippen LogP contribution in [0.2, 0.25) is 0 Å². The monoisotopic (exact) mass is 276 g/mol. The third kappa shape index (κ3) is 9.03. The smallest absolute Gasteiger partial charge is 0.0346 e. The van der Waals surface area contributed by atoms with E-state index >= 15 is 0 Å². The Hall–Kier alpha value is -1.61. The number of para-hydroxylation sites is 1. The quantitative estimate of drug-likeness (QED) is 0.711. The number of hydrogen-bond donors (Lipinski definition) is 2. The van der Waals surface area contributed by atoms with Crippen molar-refractivity contribution in [3.8, 4) is 0 Å². The fourth-order valence-electron chi connectivity index (χ4n) is 1.21. The summed E-state index contributed by atoms with van der Waals surface area (Å²) in [4.78, 5) is 0. The van der Waals surface area contributed by atoms with Crippen LogP contribution in [-0.4, -0.2) is 12.5 Å². The predicted molar refractivity (Wildman–Crippen MR) is 90.6 cm³/mol. The summed E-state index contributed by atoms with van der Waals surface area (Å²) >= 11 is 1.75. The molecule has 0 aliphatic carbocycles. The molecule has 0 atom stereocenters. The highest BCUT2D eigenvalue weighted by molar-refractivity contribution is 7.97. The Morgan fingerprint density at radius 3 is 1.68 bits per heavy atom. The molecule has 0 saturated heterocycles. The average Bonchev–Trinajstić information content (AvgIpc) is 2.37. The van der Waals surface area contributed by atoms with Gasteiger partial charge in [-0.2, -0.15) is 11.8 Å². The van der Waals surface area contributed by atoms with Crippen molar-refractivity contribution in [1.82, 2.24) is 0 Å². The number of nitrogen functional groups attached to an aromatic ring is 2. The van der Waals surface area contributed by atoms with Gasteiger partial charge in [-0.1, -0.05) is 30.3 Å². The van der Waals surface area contributed by atoms with Crippen LogP contribution in [0.3, 0.4) is 0 Å². The Kier molecular flexibility index (Phi) is 9.45. The highest BCUT2D eigenvalue weighted by Gasteiger charge is 1.89. The molecule has 0 heterocycles. The number of rotatable bonds is 0. The van der Waals surface area contributed by atoms with Gasteiger partial charge in [-0.05, 0) is 55.7 Å². The van der Waals surface area contributed by atoms with Gasteiger partial charge in [-0.25, -0.2) is 0 Å². The number of thioether (sulfide) groups is 1. The zero-order chi connectivity index (χ0) is 14.7. The number of hydrogen-bond acceptors (Lipinski definition) is 3. The maximum Gasteiger partial charge on any atom is 0.0346 e. The van der Waals surface area contributed by atoms with Crippen molar-refractivity contribution in [2.24, 2.45) is 0 Å². The van der Waals surface area contributed by atoms with Gasteiger partial charge >= 0.3 is 0 Å². The van der Waals surface area contributed by atoms with E-state index in [0.717, 1.165) is 16.9 Å². The molecule has 0 aromatic heterocycles. The molecule has 0 bridgehead atoms. The second kappa shape index (κ2) is 10.3. The molecule has 104 valence electrons. The van der Waals surface area contributed by atoms with E-state index in [0.29, 0.717) is 0 Å². The van der Waals surface area contributed by atoms with Crippen molar-refractivity contribution in [2.45, 2.75) is 13.8 Å². The van der Waals surface area contributed by atoms with Gasteiger partial charge in [0.15, 0.2) is 0 Å². The van der Waals surface area contributed by atoms with Crippen molar-refractivity contribution in [3.05, 3.63) is 59.7 Å². The first-order valence-electron chi connectivity index (χ1n) is 6.04. The summed E-state index contributed by atoms with van der Waals surface area (Å²) in [6.45, 7) is 4.05. The van der Waals surface area contributed by atoms with E-state index in [-0.39, 0.29) is 0 Å². The molecule has 0 radical (unpaired) electrons. The summed E-state index contributed by atoms with van der Waals surface area (Å²) in [6.07, 6.45) is 4.08. The third-order valence-electron chi connectivity index (χ3n) is 2.23. The predicted octanol–water partition coefficient (Wildman–Crippen LogP) is 4.13. The fourth-order valence-corrected chi connectivity index (χ4v) is 1.21. The van der Waals surface area contributed by atoms with Crippen molar-refractivity contribution in [3.63, 3.8) is 0 Å². The van der Waals surface area contributed by atoms with Crippen LogP contribution in [0, 0.1) is 13.8 Å². The van der Waals surface area contributed by atoms with Gasteiger partial charge < -0.3 is 11.5 Å². The van der Waals surface area contributed by atoms with E-state index in [1.54, 1.807) is 11.8 Å². The Labute approximate surface area is 121 Å². The van der Waals surface area contributed by atoms with Crippen molar-refractivity contribution in [1.29, 1.82) is 0 Å². The topological polar surface area (TPSA) is 52.0 Å². The van der Waals surface area contributed by atoms with Crippen LogP contribution < -0.4 is 11.5 Å². The standard InChI is InChI=1S/C8H11N.C6H7N.C2H6S/c1-6-3-4-7(2)8(9)5-6;7-6-4-2-1-3-5-6;1-3-2/h3-5H,9H2,1-2H3;1-5H,7H2;1-2H3. The Bertz CT molecular complexity index is 456. The van der Waals surface area contributed by atoms with Gasteiger partial charge in [0.2, 0.25) is 0 Å². The zero-order valence-electron chi connectivity index (χ0n) is 12.2. The number of anilines is 2. The van der Waals surface area contributed by atoms with Crippen molar-refractivity contribution < 1.29 is 0 Å². The Morgan fingerprint density at radius 1 is 0.842 bits per heavy atom. The molecule has 2 aromatic carbocycles. The maximum atomic E-state index is 5.62. The molecular weight excluding hydrogens is 252 g/mol. The first kappa shape index (κ1) is 17.4. The van der Waals surface area contributed by atoms with E-state index in [1.807, 2.05) is 68.8 Å². The van der Waals surface area contributed by atoms with Crippen LogP contribution in [-0.2, 0) is 0 Å². The van der Waals surface area contributed by atoms with E-state index < -0.39 is 0 Å². The van der Waals surface area contributed by atoms with Gasteiger partial charge in [-0.3, -0.25) is 0 Å². The second-order valence-corrected chi connectivity index (χ2v) is 5.00. The highest BCUT2D eigenvalue weighted by atomic mass is 32.2. The molecule has 0 spiro atoms. The summed E-state index contributed by atoms with van der Waals surface area (Å²) < 4.78 is 0. The number of benzene rings is 2. The normalized spacial score (nSPS) is 8.63. The Morgan fingerprint density at radius 2 is 1.37 bits per heavy atom. The SMILES string of the molecule is CSC.Cc1ccc(C)c(N)c1.Nc1ccccc1. The molecule has 0 saturated carbocycles. The average molecular weight is 276 g/mol. The molecule has 0 unspecified atom stereocenters. The highest BCUT2D eigenvalue weighted by Crippen LogP contribution is 2.10. The van der Waals surface area contributed by atoms with Gasteiger partial charge in [0, 0.05) is 11.4 Å². The van der Waals surface area contributed by atoms with Crippen molar-refractivity contribution >= 4 is 23.1 Å². The molecular formula is C16H24N2S. The zero-order valence-corrected chi connectivity index (χ0v) is 13.0. The van der Waals surface area contributed by atoms with Crippen LogP contribution >= 0.6 is 11.8 Å². The molecule has 19 heavy (non-hydrogen) atoms. The van der Waals surface area contributed by atoms with Gasteiger partial charge in [0.1, 0.15) is 0 Å². The number of aryl methyl sites for hydroxylation is 2. The van der Waals surface area contributed by atoms with Crippen LogP contribution in [0.4, 0.5) is 11.4 Å². The summed E-state index contributed by atoms with van der Waals surface area (Å²) in [7, 11) is 0. The first-order valence-corrected chi connectivity index (χ1v) is 7.68. The van der Waals surface area contributed by atoms with Gasteiger partial charge in [0.25, 0.3) is 0 Å². The maximum absolute atomic E-state index is 5.62. The molecule has 0 amide bonds. The first-order chi connectivity index (χ1) is 9.01. The van der Waals surface area contributed by atoms with Crippen molar-refractivity contribution in [2.75, 3.05) is 24.0 Å². The minimum Gasteiger partial charge on any atom is -0.399 e. The number of nitrogens with two attached hydrogens (primary N) is 2. The molecule has 0 aliphatic rings. The second-order valence-electron chi connectivity index (χ2n) is 4.18. The van der Waals surface area contributed by atoms with E-state index in [1.165, 1.54) is 5.56 Å². The summed E-state index contributed by atoms with van der Waals surface area (Å²) in [5, 5.41) is 0. The fraction of sp³-hybridized carbons (Fsp3) is 0.250. The largest absolute Gasteiger partial charge is 0.399 e. The lowest BCUT2D eigenvalue weighted by atomic mass is 10.1. The molecule has 0 fully saturated rings. The van der Waals surface area contributed by atoms with Crippen LogP contribution in [0.5, 0.6) is 0 Å². The molecule has 2 nitrogen and oxygen atoms in total. The lowest BCUT2D eigenvalue weighted by Crippen LogP contribution is -1.88. The molecule has 2 rings (SSSR count). The minimum absolute atomic E-state index is 0.822. The van der Waals surface area contributed by atoms with Crippen LogP contribution in [0.25, 0.3) is 0 Å². The third-order valence-corrected chi connectivity index (χ3v) is 2.23. The molecule has 0 aliphatic heterocycles. The lowest BCUT2D eigenvalue weighted by Gasteiger charge is -1.98. The van der Waals surface area contributed by atoms with Gasteiger partial charge in [-0.15, -0.1) is 0 Å². The summed E-state index contributed by atoms with van der Waals surface area (Å²) in [5.41, 5.74) is 15.1. The van der Waals surface area contributed by atoms with E-state index in [2.05, 4.69) is 6.07 Å². The van der Waals surface area contributed by atoms with Gasteiger partial charge in [0.05, 0.1) is 0 Å². The Balaban J connectivity index is 0.000000289. The molecule has 4 N–H and O–H groups in total. The van der Waals surface area contributed by atoms with E-state index in [4.69, 9.17) is 11.5 Å². The van der Waals surface area contributed by atoms with Crippen LogP contribution in [0.1, 0.15) is 11.1 Å².